The van der Waals surface area contributed by atoms with Crippen LogP contribution in [0.5, 0.6) is 0 Å². The largest absolute Gasteiger partial charge is 0.269 e. The summed E-state index contributed by atoms with van der Waals surface area (Å²) in [6.07, 6.45) is 0. The highest BCUT2D eigenvalue weighted by molar-refractivity contribution is 8.03. The van der Waals surface area contributed by atoms with Crippen molar-refractivity contribution < 1.29 is 9.59 Å². The minimum Gasteiger partial charge on any atom is -0.269 e. The monoisotopic (exact) mass is 427 g/mol. The average Bonchev–Trinajstić information content (AvgIpc) is 3.00. The van der Waals surface area contributed by atoms with E-state index in [9.17, 15) is 9.59 Å². The molecule has 0 saturated heterocycles. The van der Waals surface area contributed by atoms with Crippen LogP contribution in [0, 0.1) is 20.8 Å². The molecule has 0 atom stereocenters. The van der Waals surface area contributed by atoms with Gasteiger partial charge in [0.1, 0.15) is 0 Å². The first-order valence-electron chi connectivity index (χ1n) is 10.3. The summed E-state index contributed by atoms with van der Waals surface area (Å²) in [5, 5.41) is 0. The van der Waals surface area contributed by atoms with Crippen LogP contribution in [-0.4, -0.2) is 16.7 Å². The molecule has 0 aromatic heterocycles. The number of benzene rings is 3. The first kappa shape index (κ1) is 21.1. The standard InChI is InChI=1S/C27H25NO2S/c1-18-9-12-21(13-10-18)16-28-26(29)24(23-14-11-19(2)20(3)15-23)25(27(28)30)31-17-22-7-5-4-6-8-22/h4-15H,16-17H2,1-3H3. The number of amides is 2. The molecule has 0 aliphatic carbocycles. The lowest BCUT2D eigenvalue weighted by Crippen LogP contribution is -2.30. The smallest absolute Gasteiger partial charge is 0.268 e. The second-order valence-electron chi connectivity index (χ2n) is 7.96. The maximum atomic E-state index is 13.4. The Kier molecular flexibility index (Phi) is 6.10. The van der Waals surface area contributed by atoms with Gasteiger partial charge in [-0.1, -0.05) is 78.4 Å². The molecule has 4 rings (SSSR count). The highest BCUT2D eigenvalue weighted by atomic mass is 32.2. The number of hydrogen-bond donors (Lipinski definition) is 0. The van der Waals surface area contributed by atoms with Gasteiger partial charge in [0.05, 0.1) is 17.0 Å². The molecule has 1 heterocycles. The molecule has 0 unspecified atom stereocenters. The maximum Gasteiger partial charge on any atom is 0.268 e. The van der Waals surface area contributed by atoms with Crippen molar-refractivity contribution in [3.63, 3.8) is 0 Å². The minimum atomic E-state index is -0.218. The molecule has 31 heavy (non-hydrogen) atoms. The van der Waals surface area contributed by atoms with Crippen LogP contribution in [0.3, 0.4) is 0 Å². The van der Waals surface area contributed by atoms with Gasteiger partial charge in [0.2, 0.25) is 0 Å². The van der Waals surface area contributed by atoms with Gasteiger partial charge in [0, 0.05) is 5.75 Å². The predicted molar refractivity (Wildman–Crippen MR) is 127 cm³/mol. The van der Waals surface area contributed by atoms with E-state index < -0.39 is 0 Å². The zero-order valence-corrected chi connectivity index (χ0v) is 18.8. The molecule has 4 heteroatoms. The van der Waals surface area contributed by atoms with E-state index in [0.29, 0.717) is 16.2 Å². The van der Waals surface area contributed by atoms with Crippen molar-refractivity contribution in [3.8, 4) is 0 Å². The van der Waals surface area contributed by atoms with Gasteiger partial charge in [0.15, 0.2) is 0 Å². The Balaban J connectivity index is 1.69. The average molecular weight is 428 g/mol. The van der Waals surface area contributed by atoms with Crippen LogP contribution in [0.1, 0.15) is 33.4 Å². The van der Waals surface area contributed by atoms with E-state index in [1.807, 2.05) is 93.6 Å². The molecule has 1 aliphatic heterocycles. The number of imide groups is 1. The van der Waals surface area contributed by atoms with E-state index in [4.69, 9.17) is 0 Å². The summed E-state index contributed by atoms with van der Waals surface area (Å²) in [5.74, 6) is 0.214. The van der Waals surface area contributed by atoms with Gasteiger partial charge < -0.3 is 0 Å². The maximum absolute atomic E-state index is 13.4. The topological polar surface area (TPSA) is 37.4 Å². The second-order valence-corrected chi connectivity index (χ2v) is 8.95. The molecule has 0 N–H and O–H groups in total. The molecule has 0 spiro atoms. The van der Waals surface area contributed by atoms with Crippen LogP contribution in [-0.2, 0) is 21.9 Å². The summed E-state index contributed by atoms with van der Waals surface area (Å²) >= 11 is 1.45. The Hall–Kier alpha value is -3.11. The number of thioether (sulfide) groups is 1. The van der Waals surface area contributed by atoms with Gasteiger partial charge in [-0.15, -0.1) is 11.8 Å². The molecule has 156 valence electrons. The summed E-state index contributed by atoms with van der Waals surface area (Å²) in [4.78, 5) is 28.7. The number of rotatable bonds is 6. The number of aryl methyl sites for hydroxylation is 3. The summed E-state index contributed by atoms with van der Waals surface area (Å²) in [6, 6.07) is 23.9. The van der Waals surface area contributed by atoms with E-state index >= 15 is 0 Å². The fourth-order valence-corrected chi connectivity index (χ4v) is 4.68. The van der Waals surface area contributed by atoms with Crippen LogP contribution in [0.15, 0.2) is 77.7 Å². The predicted octanol–water partition coefficient (Wildman–Crippen LogP) is 5.83. The van der Waals surface area contributed by atoms with Crippen molar-refractivity contribution >= 4 is 29.1 Å². The van der Waals surface area contributed by atoms with Gasteiger partial charge in [0.25, 0.3) is 11.8 Å². The summed E-state index contributed by atoms with van der Waals surface area (Å²) < 4.78 is 0. The lowest BCUT2D eigenvalue weighted by molar-refractivity contribution is -0.137. The van der Waals surface area contributed by atoms with Gasteiger partial charge in [-0.05, 0) is 48.6 Å². The van der Waals surface area contributed by atoms with E-state index in [1.54, 1.807) is 0 Å². The zero-order valence-electron chi connectivity index (χ0n) is 18.0. The Labute approximate surface area is 187 Å². The van der Waals surface area contributed by atoms with Gasteiger partial charge in [-0.3, -0.25) is 14.5 Å². The van der Waals surface area contributed by atoms with E-state index in [0.717, 1.165) is 33.4 Å². The number of carbonyl (C=O) groups excluding carboxylic acids is 2. The fraction of sp³-hybridized carbons (Fsp3) is 0.185. The van der Waals surface area contributed by atoms with Crippen molar-refractivity contribution in [2.75, 3.05) is 0 Å². The number of nitrogens with zero attached hydrogens (tertiary/aromatic N) is 1. The van der Waals surface area contributed by atoms with Crippen LogP contribution >= 0.6 is 11.8 Å². The molecule has 0 bridgehead atoms. The van der Waals surface area contributed by atoms with Crippen molar-refractivity contribution in [1.29, 1.82) is 0 Å². The normalized spacial score (nSPS) is 14.0. The first-order chi connectivity index (χ1) is 14.9. The number of hydrogen-bond acceptors (Lipinski definition) is 3. The van der Waals surface area contributed by atoms with Gasteiger partial charge in [-0.25, -0.2) is 0 Å². The minimum absolute atomic E-state index is 0.209. The molecule has 3 aromatic carbocycles. The number of carbonyl (C=O) groups is 2. The summed E-state index contributed by atoms with van der Waals surface area (Å²) in [7, 11) is 0. The third-order valence-electron chi connectivity index (χ3n) is 5.61. The van der Waals surface area contributed by atoms with Crippen molar-refractivity contribution in [3.05, 3.63) is 111 Å². The van der Waals surface area contributed by atoms with Crippen molar-refractivity contribution in [1.82, 2.24) is 4.90 Å². The second kappa shape index (κ2) is 8.94. The third-order valence-corrected chi connectivity index (χ3v) is 6.75. The zero-order chi connectivity index (χ0) is 22.0. The molecule has 1 aliphatic rings. The quantitative estimate of drug-likeness (QED) is 0.465. The molecule has 0 radical (unpaired) electrons. The molecule has 0 saturated carbocycles. The molecule has 3 nitrogen and oxygen atoms in total. The Morgan fingerprint density at radius 3 is 2.13 bits per heavy atom. The molecule has 3 aromatic rings. The fourth-order valence-electron chi connectivity index (χ4n) is 3.59. The van der Waals surface area contributed by atoms with E-state index in [-0.39, 0.29) is 18.4 Å². The Morgan fingerprint density at radius 1 is 0.742 bits per heavy atom. The Morgan fingerprint density at radius 2 is 1.45 bits per heavy atom. The van der Waals surface area contributed by atoms with E-state index in [1.165, 1.54) is 16.7 Å². The lowest BCUT2D eigenvalue weighted by atomic mass is 10.0. The van der Waals surface area contributed by atoms with Gasteiger partial charge >= 0.3 is 0 Å². The van der Waals surface area contributed by atoms with Crippen LogP contribution < -0.4 is 0 Å². The molecular weight excluding hydrogens is 402 g/mol. The van der Waals surface area contributed by atoms with Crippen molar-refractivity contribution in [2.45, 2.75) is 33.1 Å². The van der Waals surface area contributed by atoms with Crippen LogP contribution in [0.2, 0.25) is 0 Å². The Bertz CT molecular complexity index is 1160. The van der Waals surface area contributed by atoms with Crippen molar-refractivity contribution in [2.24, 2.45) is 0 Å². The van der Waals surface area contributed by atoms with E-state index in [2.05, 4.69) is 0 Å². The van der Waals surface area contributed by atoms with Crippen LogP contribution in [0.4, 0.5) is 0 Å². The third kappa shape index (κ3) is 4.49. The molecule has 2 amide bonds. The molecular formula is C27H25NO2S. The first-order valence-corrected chi connectivity index (χ1v) is 11.3. The van der Waals surface area contributed by atoms with Crippen LogP contribution in [0.25, 0.3) is 5.57 Å². The highest BCUT2D eigenvalue weighted by Gasteiger charge is 2.39. The molecule has 0 fully saturated rings. The highest BCUT2D eigenvalue weighted by Crippen LogP contribution is 2.38. The van der Waals surface area contributed by atoms with Gasteiger partial charge in [-0.2, -0.15) is 0 Å². The lowest BCUT2D eigenvalue weighted by Gasteiger charge is -2.15. The summed E-state index contributed by atoms with van der Waals surface area (Å²) in [6.45, 7) is 6.38. The summed E-state index contributed by atoms with van der Waals surface area (Å²) in [5.41, 5.74) is 6.81. The SMILES string of the molecule is Cc1ccc(CN2C(=O)C(SCc3ccccc3)=C(c3ccc(C)c(C)c3)C2=O)cc1.